The molecule has 1 saturated heterocycles. The van der Waals surface area contributed by atoms with E-state index in [4.69, 9.17) is 9.72 Å². The number of benzene rings is 2. The number of hydrogen-bond acceptors (Lipinski definition) is 7. The van der Waals surface area contributed by atoms with Crippen LogP contribution in [0.15, 0.2) is 59.6 Å². The molecule has 0 saturated carbocycles. The van der Waals surface area contributed by atoms with E-state index in [1.54, 1.807) is 7.11 Å². The van der Waals surface area contributed by atoms with Gasteiger partial charge >= 0.3 is 0 Å². The van der Waals surface area contributed by atoms with Crippen molar-refractivity contribution in [2.75, 3.05) is 37.9 Å². The first-order chi connectivity index (χ1) is 15.2. The second-order valence-corrected chi connectivity index (χ2v) is 8.13. The molecular formula is C24H25N5OS. The molecule has 1 aromatic heterocycles. The Hall–Kier alpha value is -3.08. The Bertz CT molecular complexity index is 1070. The predicted octanol–water partition coefficient (Wildman–Crippen LogP) is 3.77. The van der Waals surface area contributed by atoms with Crippen molar-refractivity contribution in [3.63, 3.8) is 0 Å². The van der Waals surface area contributed by atoms with E-state index in [2.05, 4.69) is 33.4 Å². The molecule has 0 aliphatic carbocycles. The van der Waals surface area contributed by atoms with Gasteiger partial charge in [0.25, 0.3) is 0 Å². The monoisotopic (exact) mass is 431 g/mol. The third-order valence-corrected chi connectivity index (χ3v) is 6.13. The van der Waals surface area contributed by atoms with Gasteiger partial charge in [0.15, 0.2) is 11.6 Å². The maximum atomic E-state index is 9.96. The standard InChI is InChI=1S/C24H25N5OS/c1-30-20-10-8-17(9-11-20)14-19-16-26-12-13-29(19)23-21(15-25)24(31-2)28-22(27-23)18-6-4-3-5-7-18/h3-11,19,26H,12-14,16H2,1-2H3. The molecule has 31 heavy (non-hydrogen) atoms. The van der Waals surface area contributed by atoms with Crippen molar-refractivity contribution >= 4 is 17.6 Å². The molecule has 2 aromatic carbocycles. The van der Waals surface area contributed by atoms with Crippen molar-refractivity contribution in [1.29, 1.82) is 5.26 Å². The lowest BCUT2D eigenvalue weighted by molar-refractivity contribution is 0.414. The smallest absolute Gasteiger partial charge is 0.162 e. The SMILES string of the molecule is COc1ccc(CC2CNCCN2c2nc(-c3ccccc3)nc(SC)c2C#N)cc1. The van der Waals surface area contributed by atoms with Gasteiger partial charge in [-0.3, -0.25) is 0 Å². The lowest BCUT2D eigenvalue weighted by Gasteiger charge is -2.38. The van der Waals surface area contributed by atoms with E-state index < -0.39 is 0 Å². The van der Waals surface area contributed by atoms with Gasteiger partial charge in [0.1, 0.15) is 22.4 Å². The lowest BCUT2D eigenvalue weighted by Crippen LogP contribution is -2.53. The van der Waals surface area contributed by atoms with Crippen LogP contribution >= 0.6 is 11.8 Å². The summed E-state index contributed by atoms with van der Waals surface area (Å²) in [4.78, 5) is 11.9. The molecule has 0 radical (unpaired) electrons. The molecule has 4 rings (SSSR count). The fourth-order valence-electron chi connectivity index (χ4n) is 3.85. The molecule has 2 heterocycles. The molecule has 1 aliphatic rings. The van der Waals surface area contributed by atoms with Crippen LogP contribution in [0.3, 0.4) is 0 Å². The molecule has 1 fully saturated rings. The molecular weight excluding hydrogens is 406 g/mol. The zero-order valence-electron chi connectivity index (χ0n) is 17.7. The van der Waals surface area contributed by atoms with Crippen molar-refractivity contribution in [2.24, 2.45) is 0 Å². The van der Waals surface area contributed by atoms with Gasteiger partial charge in [-0.2, -0.15) is 5.26 Å². The quantitative estimate of drug-likeness (QED) is 0.470. The predicted molar refractivity (Wildman–Crippen MR) is 125 cm³/mol. The zero-order valence-corrected chi connectivity index (χ0v) is 18.5. The fraction of sp³-hybridized carbons (Fsp3) is 0.292. The highest BCUT2D eigenvalue weighted by Crippen LogP contribution is 2.31. The van der Waals surface area contributed by atoms with Crippen LogP contribution in [0.25, 0.3) is 11.4 Å². The van der Waals surface area contributed by atoms with Gasteiger partial charge in [0.2, 0.25) is 0 Å². The molecule has 6 nitrogen and oxygen atoms in total. The number of piperazine rings is 1. The number of hydrogen-bond donors (Lipinski definition) is 1. The minimum Gasteiger partial charge on any atom is -0.497 e. The average molecular weight is 432 g/mol. The number of aromatic nitrogens is 2. The van der Waals surface area contributed by atoms with E-state index in [1.165, 1.54) is 17.3 Å². The largest absolute Gasteiger partial charge is 0.497 e. The molecule has 1 unspecified atom stereocenters. The van der Waals surface area contributed by atoms with E-state index >= 15 is 0 Å². The van der Waals surface area contributed by atoms with Crippen LogP contribution in [0.5, 0.6) is 5.75 Å². The normalized spacial score (nSPS) is 16.0. The van der Waals surface area contributed by atoms with Crippen molar-refractivity contribution in [3.8, 4) is 23.2 Å². The topological polar surface area (TPSA) is 74.1 Å². The van der Waals surface area contributed by atoms with Gasteiger partial charge in [-0.15, -0.1) is 11.8 Å². The van der Waals surface area contributed by atoms with E-state index in [0.717, 1.165) is 43.2 Å². The van der Waals surface area contributed by atoms with Crippen molar-refractivity contribution < 1.29 is 4.74 Å². The highest BCUT2D eigenvalue weighted by Gasteiger charge is 2.28. The van der Waals surface area contributed by atoms with Crippen LogP contribution in [-0.4, -0.2) is 49.0 Å². The number of thioether (sulfide) groups is 1. The van der Waals surface area contributed by atoms with E-state index in [1.807, 2.05) is 48.7 Å². The second-order valence-electron chi connectivity index (χ2n) is 7.34. The lowest BCUT2D eigenvalue weighted by atomic mass is 10.0. The van der Waals surface area contributed by atoms with Gasteiger partial charge in [-0.25, -0.2) is 9.97 Å². The molecule has 1 N–H and O–H groups in total. The summed E-state index contributed by atoms with van der Waals surface area (Å²) in [6.45, 7) is 2.47. The van der Waals surface area contributed by atoms with Crippen molar-refractivity contribution in [2.45, 2.75) is 17.5 Å². The molecule has 3 aromatic rings. The Morgan fingerprint density at radius 3 is 2.61 bits per heavy atom. The Morgan fingerprint density at radius 2 is 1.94 bits per heavy atom. The summed E-state index contributed by atoms with van der Waals surface area (Å²) < 4.78 is 5.28. The van der Waals surface area contributed by atoms with Gasteiger partial charge in [-0.1, -0.05) is 42.5 Å². The summed E-state index contributed by atoms with van der Waals surface area (Å²) in [5.74, 6) is 2.23. The first-order valence-corrected chi connectivity index (χ1v) is 11.5. The van der Waals surface area contributed by atoms with Crippen molar-refractivity contribution in [3.05, 3.63) is 65.7 Å². The van der Waals surface area contributed by atoms with E-state index in [0.29, 0.717) is 16.4 Å². The Balaban J connectivity index is 1.73. The summed E-state index contributed by atoms with van der Waals surface area (Å²) >= 11 is 1.49. The molecule has 158 valence electrons. The third kappa shape index (κ3) is 4.66. The number of nitrogens with zero attached hydrogens (tertiary/aromatic N) is 4. The molecule has 1 atom stereocenters. The second kappa shape index (κ2) is 9.82. The Kier molecular flexibility index (Phi) is 6.70. The maximum Gasteiger partial charge on any atom is 0.162 e. The number of nitrogens with one attached hydrogen (secondary N) is 1. The molecule has 7 heteroatoms. The van der Waals surface area contributed by atoms with Gasteiger partial charge in [0.05, 0.1) is 7.11 Å². The van der Waals surface area contributed by atoms with Crippen LogP contribution < -0.4 is 15.0 Å². The number of nitriles is 1. The maximum absolute atomic E-state index is 9.96. The van der Waals surface area contributed by atoms with Crippen LogP contribution in [-0.2, 0) is 6.42 Å². The first-order valence-electron chi connectivity index (χ1n) is 10.3. The van der Waals surface area contributed by atoms with E-state index in [9.17, 15) is 5.26 Å². The Morgan fingerprint density at radius 1 is 1.16 bits per heavy atom. The minimum absolute atomic E-state index is 0.183. The summed E-state index contributed by atoms with van der Waals surface area (Å²) in [5.41, 5.74) is 2.72. The third-order valence-electron chi connectivity index (χ3n) is 5.45. The van der Waals surface area contributed by atoms with Gasteiger partial charge in [-0.05, 0) is 30.4 Å². The van der Waals surface area contributed by atoms with Crippen LogP contribution in [0.2, 0.25) is 0 Å². The van der Waals surface area contributed by atoms with Gasteiger partial charge in [0, 0.05) is 31.2 Å². The molecule has 1 aliphatic heterocycles. The fourth-order valence-corrected chi connectivity index (χ4v) is 4.37. The summed E-state index contributed by atoms with van der Waals surface area (Å²) in [6, 6.07) is 20.7. The van der Waals surface area contributed by atoms with Gasteiger partial charge < -0.3 is 15.0 Å². The highest BCUT2D eigenvalue weighted by atomic mass is 32.2. The summed E-state index contributed by atoms with van der Waals surface area (Å²) in [6.07, 6.45) is 2.80. The van der Waals surface area contributed by atoms with Crippen LogP contribution in [0.4, 0.5) is 5.82 Å². The average Bonchev–Trinajstić information content (AvgIpc) is 2.84. The highest BCUT2D eigenvalue weighted by molar-refractivity contribution is 7.98. The summed E-state index contributed by atoms with van der Waals surface area (Å²) in [5, 5.41) is 14.2. The number of methoxy groups -OCH3 is 1. The number of ether oxygens (including phenoxy) is 1. The number of anilines is 1. The van der Waals surface area contributed by atoms with E-state index in [-0.39, 0.29) is 6.04 Å². The van der Waals surface area contributed by atoms with Crippen LogP contribution in [0, 0.1) is 11.3 Å². The minimum atomic E-state index is 0.183. The molecule has 0 spiro atoms. The Labute approximate surface area is 187 Å². The molecule has 0 amide bonds. The zero-order chi connectivity index (χ0) is 21.6. The number of rotatable bonds is 6. The summed E-state index contributed by atoms with van der Waals surface area (Å²) in [7, 11) is 1.67. The van der Waals surface area contributed by atoms with Crippen LogP contribution in [0.1, 0.15) is 11.1 Å². The van der Waals surface area contributed by atoms with Crippen molar-refractivity contribution in [1.82, 2.24) is 15.3 Å². The molecule has 0 bridgehead atoms. The first kappa shape index (κ1) is 21.2.